The maximum atomic E-state index is 12.3. The lowest BCUT2D eigenvalue weighted by molar-refractivity contribution is 0.0184. The van der Waals surface area contributed by atoms with E-state index in [2.05, 4.69) is 32.5 Å². The summed E-state index contributed by atoms with van der Waals surface area (Å²) in [6.07, 6.45) is 3.29. The average Bonchev–Trinajstić information content (AvgIpc) is 2.90. The van der Waals surface area contributed by atoms with Crippen LogP contribution in [0.15, 0.2) is 22.8 Å². The van der Waals surface area contributed by atoms with E-state index in [1.807, 2.05) is 39.8 Å². The van der Waals surface area contributed by atoms with E-state index in [9.17, 15) is 4.79 Å². The SMILES string of the molecule is Cc1ncccc1-c1nn(C2CCN(C(=O)OC(C)(C)C)CC2)c(C)c1Br. The molecule has 1 aliphatic heterocycles. The summed E-state index contributed by atoms with van der Waals surface area (Å²) in [7, 11) is 0. The number of amides is 1. The molecule has 2 aromatic rings. The fourth-order valence-corrected chi connectivity index (χ4v) is 3.85. The number of halogens is 1. The molecule has 0 N–H and O–H groups in total. The summed E-state index contributed by atoms with van der Waals surface area (Å²) >= 11 is 3.71. The third-order valence-electron chi connectivity index (χ3n) is 4.80. The van der Waals surface area contributed by atoms with Gasteiger partial charge >= 0.3 is 6.09 Å². The zero-order valence-corrected chi connectivity index (χ0v) is 18.2. The van der Waals surface area contributed by atoms with Gasteiger partial charge in [0.15, 0.2) is 0 Å². The molecule has 0 saturated carbocycles. The third kappa shape index (κ3) is 4.34. The second-order valence-corrected chi connectivity index (χ2v) is 8.82. The number of hydrogen-bond acceptors (Lipinski definition) is 4. The maximum Gasteiger partial charge on any atom is 0.410 e. The Morgan fingerprint density at radius 2 is 1.93 bits per heavy atom. The van der Waals surface area contributed by atoms with Gasteiger partial charge in [0, 0.05) is 30.5 Å². The number of aromatic nitrogens is 3. The van der Waals surface area contributed by atoms with Gasteiger partial charge in [-0.1, -0.05) is 0 Å². The topological polar surface area (TPSA) is 60.2 Å². The second-order valence-electron chi connectivity index (χ2n) is 8.03. The number of piperidine rings is 1. The Labute approximate surface area is 169 Å². The highest BCUT2D eigenvalue weighted by molar-refractivity contribution is 9.10. The Hall–Kier alpha value is -1.89. The predicted molar refractivity (Wildman–Crippen MR) is 109 cm³/mol. The quantitative estimate of drug-likeness (QED) is 0.674. The molecule has 3 rings (SSSR count). The van der Waals surface area contributed by atoms with Gasteiger partial charge in [0.1, 0.15) is 11.3 Å². The molecule has 6 nitrogen and oxygen atoms in total. The molecule has 0 radical (unpaired) electrons. The van der Waals surface area contributed by atoms with Crippen LogP contribution in [-0.2, 0) is 4.74 Å². The zero-order chi connectivity index (χ0) is 19.8. The summed E-state index contributed by atoms with van der Waals surface area (Å²) in [5.41, 5.74) is 3.56. The fraction of sp³-hybridized carbons (Fsp3) is 0.550. The minimum absolute atomic E-state index is 0.231. The molecule has 0 unspecified atom stereocenters. The smallest absolute Gasteiger partial charge is 0.410 e. The highest BCUT2D eigenvalue weighted by atomic mass is 79.9. The molecule has 1 fully saturated rings. The standard InChI is InChI=1S/C20H27BrN4O2/c1-13-16(7-6-10-22-13)18-17(21)14(2)25(23-18)15-8-11-24(12-9-15)19(26)27-20(3,4)5/h6-7,10,15H,8-9,11-12H2,1-5H3. The second kappa shape index (κ2) is 7.62. The van der Waals surface area contributed by atoms with Gasteiger partial charge < -0.3 is 9.64 Å². The molecule has 1 amide bonds. The van der Waals surface area contributed by atoms with Crippen molar-refractivity contribution in [3.8, 4) is 11.3 Å². The van der Waals surface area contributed by atoms with Crippen molar-refractivity contribution in [2.75, 3.05) is 13.1 Å². The van der Waals surface area contributed by atoms with Gasteiger partial charge in [0.05, 0.1) is 16.2 Å². The van der Waals surface area contributed by atoms with Gasteiger partial charge in [-0.15, -0.1) is 0 Å². The van der Waals surface area contributed by atoms with Crippen LogP contribution in [0.25, 0.3) is 11.3 Å². The van der Waals surface area contributed by atoms with E-state index in [-0.39, 0.29) is 12.1 Å². The van der Waals surface area contributed by atoms with Gasteiger partial charge in [-0.2, -0.15) is 5.10 Å². The predicted octanol–water partition coefficient (Wildman–Crippen LogP) is 4.90. The number of hydrogen-bond donors (Lipinski definition) is 0. The summed E-state index contributed by atoms with van der Waals surface area (Å²) in [5.74, 6) is 0. The van der Waals surface area contributed by atoms with E-state index < -0.39 is 5.60 Å². The summed E-state index contributed by atoms with van der Waals surface area (Å²) in [6.45, 7) is 11.1. The summed E-state index contributed by atoms with van der Waals surface area (Å²) in [4.78, 5) is 18.4. The first-order valence-corrected chi connectivity index (χ1v) is 10.1. The van der Waals surface area contributed by atoms with Crippen LogP contribution < -0.4 is 0 Å². The minimum Gasteiger partial charge on any atom is -0.444 e. The van der Waals surface area contributed by atoms with Crippen LogP contribution >= 0.6 is 15.9 Å². The first-order valence-electron chi connectivity index (χ1n) is 9.32. The van der Waals surface area contributed by atoms with Crippen molar-refractivity contribution in [3.05, 3.63) is 34.2 Å². The van der Waals surface area contributed by atoms with Crippen molar-refractivity contribution in [2.45, 2.75) is 59.1 Å². The number of likely N-dealkylation sites (tertiary alicyclic amines) is 1. The summed E-state index contributed by atoms with van der Waals surface area (Å²) < 4.78 is 8.59. The zero-order valence-electron chi connectivity index (χ0n) is 16.6. The Balaban J connectivity index is 1.75. The number of aryl methyl sites for hydroxylation is 1. The molecule has 27 heavy (non-hydrogen) atoms. The van der Waals surface area contributed by atoms with Crippen molar-refractivity contribution in [1.29, 1.82) is 0 Å². The number of ether oxygens (including phenoxy) is 1. The largest absolute Gasteiger partial charge is 0.444 e. The summed E-state index contributed by atoms with van der Waals surface area (Å²) in [5, 5.41) is 4.89. The monoisotopic (exact) mass is 434 g/mol. The first kappa shape index (κ1) is 19.9. The van der Waals surface area contributed by atoms with Crippen molar-refractivity contribution >= 4 is 22.0 Å². The molecular weight excluding hydrogens is 408 g/mol. The van der Waals surface area contributed by atoms with Crippen LogP contribution in [-0.4, -0.2) is 44.4 Å². The van der Waals surface area contributed by atoms with Crippen LogP contribution in [0.4, 0.5) is 4.79 Å². The summed E-state index contributed by atoms with van der Waals surface area (Å²) in [6, 6.07) is 4.25. The average molecular weight is 435 g/mol. The van der Waals surface area contributed by atoms with Crippen molar-refractivity contribution < 1.29 is 9.53 Å². The molecule has 2 aromatic heterocycles. The van der Waals surface area contributed by atoms with E-state index in [4.69, 9.17) is 9.84 Å². The van der Waals surface area contributed by atoms with Gasteiger partial charge in [0.25, 0.3) is 0 Å². The lowest BCUT2D eigenvalue weighted by atomic mass is 10.1. The fourth-order valence-electron chi connectivity index (χ4n) is 3.38. The molecule has 1 saturated heterocycles. The Bertz CT molecular complexity index is 833. The van der Waals surface area contributed by atoms with Gasteiger partial charge in [-0.25, -0.2) is 4.79 Å². The van der Waals surface area contributed by atoms with E-state index in [1.165, 1.54) is 0 Å². The number of carbonyl (C=O) groups is 1. The van der Waals surface area contributed by atoms with E-state index >= 15 is 0 Å². The van der Waals surface area contributed by atoms with Gasteiger partial charge in [0.2, 0.25) is 0 Å². The first-order chi connectivity index (χ1) is 12.7. The number of rotatable bonds is 2. The van der Waals surface area contributed by atoms with Gasteiger partial charge in [-0.3, -0.25) is 9.67 Å². The number of nitrogens with zero attached hydrogens (tertiary/aromatic N) is 4. The lowest BCUT2D eigenvalue weighted by Gasteiger charge is -2.33. The molecule has 0 aliphatic carbocycles. The minimum atomic E-state index is -0.464. The van der Waals surface area contributed by atoms with Gasteiger partial charge in [-0.05, 0) is 75.5 Å². The third-order valence-corrected chi connectivity index (χ3v) is 5.75. The molecular formula is C20H27BrN4O2. The molecule has 3 heterocycles. The van der Waals surface area contributed by atoms with Crippen LogP contribution in [0, 0.1) is 13.8 Å². The Kier molecular flexibility index (Phi) is 5.60. The van der Waals surface area contributed by atoms with E-state index in [0.717, 1.165) is 40.0 Å². The van der Waals surface area contributed by atoms with Crippen LogP contribution in [0.2, 0.25) is 0 Å². The number of carbonyl (C=O) groups excluding carboxylic acids is 1. The highest BCUT2D eigenvalue weighted by Crippen LogP contribution is 2.35. The molecule has 0 atom stereocenters. The van der Waals surface area contributed by atoms with E-state index in [1.54, 1.807) is 11.1 Å². The van der Waals surface area contributed by atoms with Crippen LogP contribution in [0.3, 0.4) is 0 Å². The molecule has 146 valence electrons. The molecule has 1 aliphatic rings. The lowest BCUT2D eigenvalue weighted by Crippen LogP contribution is -2.42. The molecule has 0 bridgehead atoms. The van der Waals surface area contributed by atoms with Crippen molar-refractivity contribution in [2.24, 2.45) is 0 Å². The van der Waals surface area contributed by atoms with E-state index in [0.29, 0.717) is 13.1 Å². The maximum absolute atomic E-state index is 12.3. The Morgan fingerprint density at radius 1 is 1.26 bits per heavy atom. The van der Waals surface area contributed by atoms with Crippen LogP contribution in [0.1, 0.15) is 51.0 Å². The number of pyridine rings is 1. The molecule has 0 spiro atoms. The van der Waals surface area contributed by atoms with Crippen molar-refractivity contribution in [3.63, 3.8) is 0 Å². The molecule has 0 aromatic carbocycles. The normalized spacial score (nSPS) is 15.9. The molecule has 7 heteroatoms. The highest BCUT2D eigenvalue weighted by Gasteiger charge is 2.29. The van der Waals surface area contributed by atoms with Crippen molar-refractivity contribution in [1.82, 2.24) is 19.7 Å². The Morgan fingerprint density at radius 3 is 2.52 bits per heavy atom. The van der Waals surface area contributed by atoms with Crippen LogP contribution in [0.5, 0.6) is 0 Å².